The third-order valence-electron chi connectivity index (χ3n) is 15.8. The third kappa shape index (κ3) is 73.3. The van der Waals surface area contributed by atoms with Gasteiger partial charge in [-0.05, 0) is 154 Å². The normalized spacial score (nSPS) is 14.7. The maximum Gasteiger partial charge on any atom is 0.472 e. The Hall–Kier alpha value is -5.06. The van der Waals surface area contributed by atoms with Crippen LogP contribution >= 0.6 is 15.6 Å². The summed E-state index contributed by atoms with van der Waals surface area (Å²) < 4.78 is 68.4. The molecule has 0 aliphatic heterocycles. The number of hydrogen-bond acceptors (Lipinski definition) is 15. The molecule has 0 spiro atoms. The fourth-order valence-electron chi connectivity index (χ4n) is 9.85. The Kier molecular flexibility index (Phi) is 70.5. The predicted octanol–water partition coefficient (Wildman–Crippen LogP) is 22.7. The monoisotopic (exact) mass is 1470 g/mol. The Morgan fingerprint density at radius 3 is 0.863 bits per heavy atom. The summed E-state index contributed by atoms with van der Waals surface area (Å²) in [4.78, 5) is 72.9. The molecule has 102 heavy (non-hydrogen) atoms. The van der Waals surface area contributed by atoms with Crippen molar-refractivity contribution in [1.82, 2.24) is 0 Å². The first-order chi connectivity index (χ1) is 49.7. The molecule has 17 nitrogen and oxygen atoms in total. The zero-order valence-electron chi connectivity index (χ0n) is 63.5. The lowest BCUT2D eigenvalue weighted by atomic mass is 10.1. The standard InChI is InChI=1S/C83H138O17P2/c1-5-9-13-17-21-25-29-32-35-37-38-40-43-45-49-52-56-60-64-68-80(85)93-73-78(99-82(87)69-65-61-57-53-47-28-24-20-16-12-8-4)75-97-101(89,90)95-71-77(84)72-96-102(91,92)98-76-79(100-83(88)70-66-62-58-54-50-46-41-34-31-27-23-19-15-11-7-3)74-94-81(86)67-63-59-55-51-48-44-42-39-36-33-30-26-22-18-14-10-6-2/h9-10,13-14,20-27,32-36,38,40-42,44,51,55,77-79,84H,5-8,11-12,15-19,28-31,37,39,43,45-50,52-54,56-76H2,1-4H3,(H,89,90)(H,91,92)/b13-9-,14-10-,24-20-,25-21-,26-22-,27-23-,35-32-,36-33-,40-38-,41-34-,44-42-,55-51-. The van der Waals surface area contributed by atoms with Crippen LogP contribution in [0.5, 0.6) is 0 Å². The van der Waals surface area contributed by atoms with Crippen molar-refractivity contribution >= 4 is 39.5 Å². The van der Waals surface area contributed by atoms with Crippen LogP contribution < -0.4 is 0 Å². The molecule has 0 aliphatic carbocycles. The maximum absolute atomic E-state index is 13.1. The molecular weight excluding hydrogens is 1330 g/mol. The molecule has 0 aromatic rings. The highest BCUT2D eigenvalue weighted by Crippen LogP contribution is 2.45. The van der Waals surface area contributed by atoms with Gasteiger partial charge in [0.25, 0.3) is 0 Å². The second-order valence-corrected chi connectivity index (χ2v) is 28.4. The second-order valence-electron chi connectivity index (χ2n) is 25.5. The summed E-state index contributed by atoms with van der Waals surface area (Å²) in [5.41, 5.74) is 0. The number of unbranched alkanes of at least 4 members (excludes halogenated alkanes) is 22. The van der Waals surface area contributed by atoms with Crippen LogP contribution in [-0.4, -0.2) is 96.7 Å². The molecule has 0 bridgehead atoms. The summed E-state index contributed by atoms with van der Waals surface area (Å²) in [6.45, 7) is 4.47. The topological polar surface area (TPSA) is 237 Å². The molecule has 0 heterocycles. The number of allylic oxidation sites excluding steroid dienone is 24. The van der Waals surface area contributed by atoms with Crippen molar-refractivity contribution in [3.8, 4) is 0 Å². The van der Waals surface area contributed by atoms with Crippen LogP contribution in [0.1, 0.15) is 297 Å². The van der Waals surface area contributed by atoms with E-state index in [1.165, 1.54) is 32.1 Å². The molecule has 0 aromatic heterocycles. The van der Waals surface area contributed by atoms with Gasteiger partial charge in [0.05, 0.1) is 26.4 Å². The van der Waals surface area contributed by atoms with Crippen LogP contribution in [0.4, 0.5) is 0 Å². The number of ether oxygens (including phenoxy) is 4. The lowest BCUT2D eigenvalue weighted by Gasteiger charge is -2.21. The maximum atomic E-state index is 13.1. The van der Waals surface area contributed by atoms with Crippen LogP contribution in [0.15, 0.2) is 146 Å². The van der Waals surface area contributed by atoms with Gasteiger partial charge < -0.3 is 33.8 Å². The van der Waals surface area contributed by atoms with Gasteiger partial charge in [0.2, 0.25) is 0 Å². The van der Waals surface area contributed by atoms with E-state index in [-0.39, 0.29) is 25.7 Å². The number of carbonyl (C=O) groups is 4. The van der Waals surface area contributed by atoms with Crippen molar-refractivity contribution in [3.05, 3.63) is 146 Å². The first-order valence-electron chi connectivity index (χ1n) is 39.1. The van der Waals surface area contributed by atoms with Gasteiger partial charge in [-0.3, -0.25) is 37.3 Å². The van der Waals surface area contributed by atoms with E-state index < -0.39 is 97.5 Å². The summed E-state index contributed by atoms with van der Waals surface area (Å²) in [6, 6.07) is 0. The highest BCUT2D eigenvalue weighted by atomic mass is 31.2. The molecule has 0 aromatic carbocycles. The van der Waals surface area contributed by atoms with Gasteiger partial charge in [0.1, 0.15) is 19.3 Å². The Labute approximate surface area is 617 Å². The van der Waals surface area contributed by atoms with E-state index in [1.54, 1.807) is 0 Å². The molecule has 0 rings (SSSR count). The third-order valence-corrected chi connectivity index (χ3v) is 17.7. The number of phosphoric acid groups is 2. The van der Waals surface area contributed by atoms with Crippen LogP contribution in [-0.2, 0) is 65.4 Å². The van der Waals surface area contributed by atoms with Crippen molar-refractivity contribution in [1.29, 1.82) is 0 Å². The first-order valence-corrected chi connectivity index (χ1v) is 42.1. The Morgan fingerprint density at radius 2 is 0.529 bits per heavy atom. The molecule has 5 atom stereocenters. The summed E-state index contributed by atoms with van der Waals surface area (Å²) in [6.07, 6.45) is 84.1. The Balaban J connectivity index is 5.39. The Bertz CT molecular complexity index is 2510. The Morgan fingerprint density at radius 1 is 0.284 bits per heavy atom. The highest BCUT2D eigenvalue weighted by Gasteiger charge is 2.30. The molecule has 0 amide bonds. The largest absolute Gasteiger partial charge is 0.472 e. The lowest BCUT2D eigenvalue weighted by molar-refractivity contribution is -0.161. The van der Waals surface area contributed by atoms with E-state index >= 15 is 0 Å². The minimum atomic E-state index is -5.00. The molecule has 0 aliphatic rings. The van der Waals surface area contributed by atoms with E-state index in [9.17, 15) is 43.2 Å². The van der Waals surface area contributed by atoms with Gasteiger partial charge in [-0.1, -0.05) is 263 Å². The van der Waals surface area contributed by atoms with Crippen molar-refractivity contribution in [2.24, 2.45) is 0 Å². The predicted molar refractivity (Wildman–Crippen MR) is 417 cm³/mol. The highest BCUT2D eigenvalue weighted by molar-refractivity contribution is 7.47. The van der Waals surface area contributed by atoms with Crippen LogP contribution in [0.2, 0.25) is 0 Å². The molecule has 5 unspecified atom stereocenters. The fraction of sp³-hybridized carbons (Fsp3) is 0.663. The number of rotatable bonds is 72. The lowest BCUT2D eigenvalue weighted by Crippen LogP contribution is -2.30. The van der Waals surface area contributed by atoms with Gasteiger partial charge in [0, 0.05) is 25.7 Å². The number of hydrogen-bond donors (Lipinski definition) is 3. The average Bonchev–Trinajstić information content (AvgIpc) is 0.944. The molecule has 0 saturated heterocycles. The summed E-state index contributed by atoms with van der Waals surface area (Å²) in [7, 11) is -9.98. The number of esters is 4. The van der Waals surface area contributed by atoms with Crippen molar-refractivity contribution in [3.63, 3.8) is 0 Å². The first kappa shape index (κ1) is 96.9. The van der Waals surface area contributed by atoms with Crippen LogP contribution in [0.25, 0.3) is 0 Å². The zero-order valence-corrected chi connectivity index (χ0v) is 65.3. The van der Waals surface area contributed by atoms with Crippen molar-refractivity contribution in [2.75, 3.05) is 39.6 Å². The van der Waals surface area contributed by atoms with Gasteiger partial charge in [-0.25, -0.2) is 9.13 Å². The van der Waals surface area contributed by atoms with E-state index in [0.717, 1.165) is 180 Å². The summed E-state index contributed by atoms with van der Waals surface area (Å²) >= 11 is 0. The molecule has 0 fully saturated rings. The van der Waals surface area contributed by atoms with E-state index in [1.807, 2.05) is 12.2 Å². The minimum Gasteiger partial charge on any atom is -0.462 e. The van der Waals surface area contributed by atoms with Crippen LogP contribution in [0.3, 0.4) is 0 Å². The fourth-order valence-corrected chi connectivity index (χ4v) is 11.4. The number of aliphatic hydroxyl groups excluding tert-OH is 1. The van der Waals surface area contributed by atoms with E-state index in [4.69, 9.17) is 37.0 Å². The summed E-state index contributed by atoms with van der Waals surface area (Å²) in [5.74, 6) is -2.29. The van der Waals surface area contributed by atoms with Gasteiger partial charge in [-0.15, -0.1) is 0 Å². The van der Waals surface area contributed by atoms with Gasteiger partial charge in [-0.2, -0.15) is 0 Å². The van der Waals surface area contributed by atoms with Crippen molar-refractivity contribution < 1.29 is 80.2 Å². The second kappa shape index (κ2) is 74.2. The molecule has 0 saturated carbocycles. The summed E-state index contributed by atoms with van der Waals surface area (Å²) in [5, 5.41) is 10.6. The molecule has 582 valence electrons. The van der Waals surface area contributed by atoms with Crippen LogP contribution in [0, 0.1) is 0 Å². The van der Waals surface area contributed by atoms with E-state index in [0.29, 0.717) is 32.1 Å². The van der Waals surface area contributed by atoms with Gasteiger partial charge >= 0.3 is 39.5 Å². The molecule has 3 N–H and O–H groups in total. The van der Waals surface area contributed by atoms with Gasteiger partial charge in [0.15, 0.2) is 12.2 Å². The number of carbonyl (C=O) groups excluding carboxylic acids is 4. The smallest absolute Gasteiger partial charge is 0.462 e. The number of aliphatic hydroxyl groups is 1. The van der Waals surface area contributed by atoms with Crippen molar-refractivity contribution in [2.45, 2.75) is 316 Å². The quantitative estimate of drug-likeness (QED) is 0.0169. The molecule has 19 heteroatoms. The SMILES string of the molecule is CC/C=C\C/C=C\C/C=C\C/C=C\C/C=C\CCCC(=O)OCC(COP(=O)(O)OCC(O)COP(=O)(O)OCC(COC(=O)CCCCCCCC/C=C\C/C=C\C/C=C\C/C=C\CC)OC(=O)CCCCCCC/C=C\CCCC)OC(=O)CCCCCCC/C=C\C/C=C\CCCCC. The zero-order chi connectivity index (χ0) is 74.6. The molecular formula is C83H138O17P2. The van der Waals surface area contributed by atoms with E-state index in [2.05, 4.69) is 161 Å². The minimum absolute atomic E-state index is 0.0627. The number of phosphoric ester groups is 2. The average molecular weight is 1470 g/mol. The molecule has 0 radical (unpaired) electrons.